The number of hydrogen-bond acceptors (Lipinski definition) is 8. The summed E-state index contributed by atoms with van der Waals surface area (Å²) in [5.74, 6) is 0.224. The molecular weight excluding hydrogens is 316 g/mol. The Hall–Kier alpha value is -3.63. The lowest BCUT2D eigenvalue weighted by molar-refractivity contribution is -0.385. The summed E-state index contributed by atoms with van der Waals surface area (Å²) in [6.07, 6.45) is 0. The number of benzene rings is 1. The Balaban J connectivity index is 2.07. The maximum absolute atomic E-state index is 12.2. The number of para-hydroxylation sites is 1. The third-order valence-electron chi connectivity index (χ3n) is 3.89. The van der Waals surface area contributed by atoms with E-state index in [-0.39, 0.29) is 17.3 Å². The Morgan fingerprint density at radius 1 is 1.33 bits per heavy atom. The highest BCUT2D eigenvalue weighted by atomic mass is 16.6. The van der Waals surface area contributed by atoms with Crippen molar-refractivity contribution in [1.29, 1.82) is 0 Å². The van der Waals surface area contributed by atoms with Crippen LogP contribution < -0.4 is 10.9 Å². The van der Waals surface area contributed by atoms with Crippen LogP contribution in [-0.4, -0.2) is 35.3 Å². The van der Waals surface area contributed by atoms with Gasteiger partial charge in [-0.15, -0.1) is 0 Å². The molecule has 3 heterocycles. The second kappa shape index (κ2) is 4.94. The summed E-state index contributed by atoms with van der Waals surface area (Å²) in [4.78, 5) is 23.1. The smallest absolute Gasteiger partial charge is 0.288 e. The number of aromatic nitrogens is 6. The van der Waals surface area contributed by atoms with Crippen LogP contribution in [0.2, 0.25) is 0 Å². The predicted octanol–water partition coefficient (Wildman–Crippen LogP) is 0.668. The first-order chi connectivity index (χ1) is 11.6. The van der Waals surface area contributed by atoms with Crippen LogP contribution >= 0.6 is 0 Å². The van der Waals surface area contributed by atoms with Gasteiger partial charge in [-0.1, -0.05) is 17.2 Å². The summed E-state index contributed by atoms with van der Waals surface area (Å²) in [7, 11) is 0. The fraction of sp³-hybridized carbons (Fsp3) is 0.154. The molecule has 11 nitrogen and oxygen atoms in total. The van der Waals surface area contributed by atoms with Crippen LogP contribution in [0.25, 0.3) is 0 Å². The molecule has 0 saturated heterocycles. The van der Waals surface area contributed by atoms with E-state index in [2.05, 4.69) is 31.0 Å². The zero-order valence-electron chi connectivity index (χ0n) is 12.3. The molecule has 0 unspecified atom stereocenters. The van der Waals surface area contributed by atoms with Gasteiger partial charge in [-0.2, -0.15) is 9.78 Å². The number of aryl methyl sites for hydroxylation is 1. The Kier molecular flexibility index (Phi) is 2.88. The maximum Gasteiger partial charge on any atom is 0.288 e. The molecule has 2 aromatic heterocycles. The first-order valence-electron chi connectivity index (χ1n) is 6.95. The summed E-state index contributed by atoms with van der Waals surface area (Å²) >= 11 is 0. The zero-order valence-corrected chi connectivity index (χ0v) is 12.3. The van der Waals surface area contributed by atoms with Gasteiger partial charge in [0.25, 0.3) is 11.2 Å². The monoisotopic (exact) mass is 326 g/mol. The number of nitro groups is 1. The predicted molar refractivity (Wildman–Crippen MR) is 81.0 cm³/mol. The summed E-state index contributed by atoms with van der Waals surface area (Å²) in [5.41, 5.74) is 1.07. The van der Waals surface area contributed by atoms with E-state index in [0.717, 1.165) is 0 Å². The number of anilines is 2. The Morgan fingerprint density at radius 2 is 2.12 bits per heavy atom. The fourth-order valence-electron chi connectivity index (χ4n) is 2.87. The third kappa shape index (κ3) is 1.87. The van der Waals surface area contributed by atoms with Gasteiger partial charge in [0.15, 0.2) is 0 Å². The summed E-state index contributed by atoms with van der Waals surface area (Å²) in [6.45, 7) is 1.70. The fourth-order valence-corrected chi connectivity index (χ4v) is 2.87. The molecule has 2 N–H and O–H groups in total. The van der Waals surface area contributed by atoms with E-state index < -0.39 is 16.5 Å². The van der Waals surface area contributed by atoms with Gasteiger partial charge in [-0.05, 0) is 23.4 Å². The van der Waals surface area contributed by atoms with Crippen molar-refractivity contribution in [2.75, 3.05) is 5.32 Å². The molecule has 1 aliphatic heterocycles. The van der Waals surface area contributed by atoms with Gasteiger partial charge in [0.05, 0.1) is 16.2 Å². The molecule has 0 saturated carbocycles. The molecule has 1 aromatic carbocycles. The molecule has 0 fully saturated rings. The summed E-state index contributed by atoms with van der Waals surface area (Å²) in [6, 6.07) is 5.54. The van der Waals surface area contributed by atoms with E-state index in [0.29, 0.717) is 16.8 Å². The van der Waals surface area contributed by atoms with Crippen molar-refractivity contribution in [3.63, 3.8) is 0 Å². The van der Waals surface area contributed by atoms with Gasteiger partial charge in [0, 0.05) is 11.6 Å². The van der Waals surface area contributed by atoms with Crippen molar-refractivity contribution in [2.24, 2.45) is 0 Å². The minimum absolute atomic E-state index is 0.0866. The average molecular weight is 326 g/mol. The van der Waals surface area contributed by atoms with Crippen molar-refractivity contribution in [1.82, 2.24) is 30.4 Å². The largest absolute Gasteiger partial charge is 0.318 e. The van der Waals surface area contributed by atoms with Gasteiger partial charge < -0.3 is 5.32 Å². The summed E-state index contributed by atoms with van der Waals surface area (Å²) < 4.78 is 1.40. The number of hydrogen-bond donors (Lipinski definition) is 2. The first kappa shape index (κ1) is 14.0. The number of aromatic amines is 1. The zero-order chi connectivity index (χ0) is 16.8. The first-order valence-corrected chi connectivity index (χ1v) is 6.95. The number of nitrogens with one attached hydrogen (secondary N) is 2. The molecule has 3 aromatic rings. The highest BCUT2D eigenvalue weighted by molar-refractivity contribution is 5.66. The maximum atomic E-state index is 12.2. The minimum atomic E-state index is -0.734. The van der Waals surface area contributed by atoms with Crippen molar-refractivity contribution in [3.05, 3.63) is 61.6 Å². The molecule has 1 atom stereocenters. The van der Waals surface area contributed by atoms with Crippen molar-refractivity contribution in [3.8, 4) is 0 Å². The molecular formula is C13H10N8O3. The van der Waals surface area contributed by atoms with E-state index >= 15 is 0 Å². The Morgan fingerprint density at radius 3 is 2.92 bits per heavy atom. The van der Waals surface area contributed by atoms with Gasteiger partial charge in [0.1, 0.15) is 11.7 Å². The number of tetrazole rings is 1. The second-order valence-corrected chi connectivity index (χ2v) is 5.22. The standard InChI is InChI=1S/C13H10N8O3/c1-6-9-10(12(22)16-15-6)14-13-17-18-19-20(13)11(9)7-4-2-3-5-8(7)21(23)24/h2-5,11H,1H3,(H,16,22)(H,14,17,19)/t11-/m1/s1. The molecule has 0 amide bonds. The van der Waals surface area contributed by atoms with E-state index in [1.807, 2.05) is 0 Å². The van der Waals surface area contributed by atoms with Crippen LogP contribution in [0.3, 0.4) is 0 Å². The molecule has 0 radical (unpaired) electrons. The summed E-state index contributed by atoms with van der Waals surface area (Å²) in [5, 5.41) is 32.0. The van der Waals surface area contributed by atoms with Crippen LogP contribution in [0, 0.1) is 17.0 Å². The molecule has 0 spiro atoms. The number of fused-ring (bicyclic) bond motifs is 2. The van der Waals surface area contributed by atoms with Crippen molar-refractivity contribution >= 4 is 17.3 Å². The van der Waals surface area contributed by atoms with Gasteiger partial charge in [-0.25, -0.2) is 5.10 Å². The molecule has 24 heavy (non-hydrogen) atoms. The van der Waals surface area contributed by atoms with E-state index in [4.69, 9.17) is 0 Å². The Bertz CT molecular complexity index is 1020. The number of nitro benzene ring substituents is 1. The SMILES string of the molecule is Cc1n[nH]c(=O)c2c1[C@@H](c1ccccc1[N+](=O)[O-])n1nnnc1N2. The van der Waals surface area contributed by atoms with Gasteiger partial charge in [-0.3, -0.25) is 14.9 Å². The van der Waals surface area contributed by atoms with Gasteiger partial charge in [0.2, 0.25) is 5.95 Å². The molecule has 4 rings (SSSR count). The highest BCUT2D eigenvalue weighted by Gasteiger charge is 2.36. The molecule has 0 bridgehead atoms. The van der Waals surface area contributed by atoms with Crippen LogP contribution in [0.1, 0.15) is 22.9 Å². The lowest BCUT2D eigenvalue weighted by Gasteiger charge is -2.26. The third-order valence-corrected chi connectivity index (χ3v) is 3.89. The molecule has 11 heteroatoms. The number of rotatable bonds is 2. The van der Waals surface area contributed by atoms with E-state index in [1.54, 1.807) is 25.1 Å². The number of H-pyrrole nitrogens is 1. The van der Waals surface area contributed by atoms with Gasteiger partial charge >= 0.3 is 0 Å². The quantitative estimate of drug-likeness (QED) is 0.404. The molecule has 0 aliphatic carbocycles. The normalized spacial score (nSPS) is 15.3. The topological polar surface area (TPSA) is 145 Å². The highest BCUT2D eigenvalue weighted by Crippen LogP contribution is 2.40. The second-order valence-electron chi connectivity index (χ2n) is 5.22. The average Bonchev–Trinajstić information content (AvgIpc) is 3.05. The minimum Gasteiger partial charge on any atom is -0.318 e. The van der Waals surface area contributed by atoms with Crippen molar-refractivity contribution in [2.45, 2.75) is 13.0 Å². The molecule has 1 aliphatic rings. The van der Waals surface area contributed by atoms with E-state index in [1.165, 1.54) is 10.7 Å². The van der Waals surface area contributed by atoms with Crippen LogP contribution in [0.5, 0.6) is 0 Å². The van der Waals surface area contributed by atoms with Crippen molar-refractivity contribution < 1.29 is 4.92 Å². The lowest BCUT2D eigenvalue weighted by Crippen LogP contribution is -2.29. The molecule has 120 valence electrons. The Labute approximate surface area is 133 Å². The lowest BCUT2D eigenvalue weighted by atomic mass is 9.94. The van der Waals surface area contributed by atoms with E-state index in [9.17, 15) is 14.9 Å². The van der Waals surface area contributed by atoms with Crippen LogP contribution in [0.15, 0.2) is 29.1 Å². The van der Waals surface area contributed by atoms with Crippen LogP contribution in [0.4, 0.5) is 17.3 Å². The number of nitrogens with zero attached hydrogens (tertiary/aromatic N) is 6. The van der Waals surface area contributed by atoms with Crippen LogP contribution in [-0.2, 0) is 0 Å².